The molecule has 0 aliphatic carbocycles. The largest absolute Gasteiger partial charge is 0.343 e. The second-order valence-corrected chi connectivity index (χ2v) is 10.3. The van der Waals surface area contributed by atoms with Crippen LogP contribution in [0.1, 0.15) is 20.7 Å². The predicted octanol–water partition coefficient (Wildman–Crippen LogP) is 8.23. The van der Waals surface area contributed by atoms with Crippen molar-refractivity contribution in [1.29, 1.82) is 0 Å². The number of amides is 2. The van der Waals surface area contributed by atoms with E-state index in [9.17, 15) is 9.59 Å². The molecule has 4 nitrogen and oxygen atoms in total. The molecule has 0 fully saturated rings. The molecule has 38 heavy (non-hydrogen) atoms. The van der Waals surface area contributed by atoms with Crippen molar-refractivity contribution >= 4 is 55.2 Å². The summed E-state index contributed by atoms with van der Waals surface area (Å²) in [6.07, 6.45) is 0. The maximum absolute atomic E-state index is 14.3. The zero-order valence-corrected chi connectivity index (χ0v) is 22.1. The Bertz CT molecular complexity index is 1910. The number of imide groups is 1. The van der Waals surface area contributed by atoms with Gasteiger partial charge >= 0.3 is 0 Å². The normalized spacial score (nSPS) is 13.1. The topological polar surface area (TPSA) is 42.3 Å². The molecule has 7 rings (SSSR count). The molecule has 0 spiro atoms. The van der Waals surface area contributed by atoms with Crippen molar-refractivity contribution < 1.29 is 9.59 Å². The molecule has 0 N–H and O–H groups in total. The first-order chi connectivity index (χ1) is 18.6. The first kappa shape index (κ1) is 22.7. The highest BCUT2D eigenvalue weighted by atomic mass is 79.9. The fourth-order valence-electron chi connectivity index (χ4n) is 5.81. The molecule has 0 atom stereocenters. The van der Waals surface area contributed by atoms with Crippen LogP contribution in [0.3, 0.4) is 0 Å². The molecule has 1 aromatic heterocycles. The Balaban J connectivity index is 1.75. The molecule has 5 heteroatoms. The van der Waals surface area contributed by atoms with Gasteiger partial charge in [-0.2, -0.15) is 0 Å². The van der Waals surface area contributed by atoms with Crippen LogP contribution in [0.5, 0.6) is 0 Å². The van der Waals surface area contributed by atoms with Gasteiger partial charge in [-0.15, -0.1) is 0 Å². The molecule has 2 amide bonds. The van der Waals surface area contributed by atoms with E-state index in [0.29, 0.717) is 16.8 Å². The van der Waals surface area contributed by atoms with Gasteiger partial charge in [0.25, 0.3) is 11.8 Å². The van der Waals surface area contributed by atoms with Crippen LogP contribution in [0.2, 0.25) is 0 Å². The predicted molar refractivity (Wildman–Crippen MR) is 157 cm³/mol. The molecule has 1 aliphatic heterocycles. The number of para-hydroxylation sites is 1. The summed E-state index contributed by atoms with van der Waals surface area (Å²) in [4.78, 5) is 30.0. The minimum atomic E-state index is -0.307. The summed E-state index contributed by atoms with van der Waals surface area (Å²) in [7, 11) is 2.03. The summed E-state index contributed by atoms with van der Waals surface area (Å²) < 4.78 is 3.03. The van der Waals surface area contributed by atoms with Crippen molar-refractivity contribution in [3.05, 3.63) is 125 Å². The lowest BCUT2D eigenvalue weighted by atomic mass is 9.85. The van der Waals surface area contributed by atoms with Gasteiger partial charge in [0.2, 0.25) is 0 Å². The second-order valence-electron chi connectivity index (χ2n) is 9.43. The lowest BCUT2D eigenvalue weighted by Gasteiger charge is -2.17. The number of anilines is 1. The maximum atomic E-state index is 14.3. The molecule has 6 aromatic rings. The van der Waals surface area contributed by atoms with Crippen LogP contribution in [0.15, 0.2) is 114 Å². The second kappa shape index (κ2) is 8.54. The fraction of sp³-hybridized carbons (Fsp3) is 0.0303. The van der Waals surface area contributed by atoms with Gasteiger partial charge in [-0.05, 0) is 35.4 Å². The number of hydrogen-bond acceptors (Lipinski definition) is 2. The van der Waals surface area contributed by atoms with E-state index in [2.05, 4.69) is 38.7 Å². The molecule has 0 saturated carbocycles. The zero-order valence-electron chi connectivity index (χ0n) is 20.5. The summed E-state index contributed by atoms with van der Waals surface area (Å²) in [6, 6.07) is 35.2. The Morgan fingerprint density at radius 3 is 1.74 bits per heavy atom. The first-order valence-electron chi connectivity index (χ1n) is 12.4. The summed E-state index contributed by atoms with van der Waals surface area (Å²) in [5.41, 5.74) is 6.95. The SMILES string of the molecule is Cn1c2cccc(Br)c2c2c3c(c(-c4ccccc4)c(-c4ccccc4)c21)C(=O)N(c1ccccc1)C3=O. The number of halogens is 1. The number of rotatable bonds is 3. The van der Waals surface area contributed by atoms with Gasteiger partial charge in [-0.1, -0.05) is 101 Å². The third-order valence-electron chi connectivity index (χ3n) is 7.39. The van der Waals surface area contributed by atoms with E-state index < -0.39 is 0 Å². The molecular formula is C33H21BrN2O2. The van der Waals surface area contributed by atoms with E-state index >= 15 is 0 Å². The summed E-state index contributed by atoms with van der Waals surface area (Å²) in [5, 5.41) is 1.72. The van der Waals surface area contributed by atoms with Gasteiger partial charge in [0.15, 0.2) is 0 Å². The number of aromatic nitrogens is 1. The highest BCUT2D eigenvalue weighted by molar-refractivity contribution is 9.10. The van der Waals surface area contributed by atoms with Crippen LogP contribution in [0, 0.1) is 0 Å². The average Bonchev–Trinajstić information content (AvgIpc) is 3.40. The lowest BCUT2D eigenvalue weighted by Crippen LogP contribution is -2.29. The van der Waals surface area contributed by atoms with E-state index in [1.54, 1.807) is 12.1 Å². The maximum Gasteiger partial charge on any atom is 0.266 e. The Kier molecular flexibility index (Phi) is 5.10. The molecule has 2 heterocycles. The number of aryl methyl sites for hydroxylation is 1. The summed E-state index contributed by atoms with van der Waals surface area (Å²) >= 11 is 3.76. The van der Waals surface area contributed by atoms with Crippen molar-refractivity contribution in [2.24, 2.45) is 7.05 Å². The van der Waals surface area contributed by atoms with Gasteiger partial charge in [-0.25, -0.2) is 4.90 Å². The molecule has 0 bridgehead atoms. The molecule has 1 aliphatic rings. The fourth-order valence-corrected chi connectivity index (χ4v) is 6.36. The van der Waals surface area contributed by atoms with Crippen LogP contribution in [-0.4, -0.2) is 16.4 Å². The minimum Gasteiger partial charge on any atom is -0.343 e. The van der Waals surface area contributed by atoms with E-state index in [0.717, 1.165) is 48.5 Å². The third kappa shape index (κ3) is 3.09. The molecule has 5 aromatic carbocycles. The van der Waals surface area contributed by atoms with E-state index in [4.69, 9.17) is 0 Å². The van der Waals surface area contributed by atoms with Gasteiger partial charge in [0, 0.05) is 33.4 Å². The number of hydrogen-bond donors (Lipinski definition) is 0. The van der Waals surface area contributed by atoms with Gasteiger partial charge < -0.3 is 4.57 Å². The zero-order chi connectivity index (χ0) is 26.0. The highest BCUT2D eigenvalue weighted by Crippen LogP contribution is 2.50. The molecule has 182 valence electrons. The van der Waals surface area contributed by atoms with Gasteiger partial charge in [0.1, 0.15) is 0 Å². The van der Waals surface area contributed by atoms with Crippen LogP contribution in [0.4, 0.5) is 5.69 Å². The Morgan fingerprint density at radius 2 is 1.11 bits per heavy atom. The quantitative estimate of drug-likeness (QED) is 0.206. The van der Waals surface area contributed by atoms with Crippen molar-refractivity contribution in [3.8, 4) is 22.3 Å². The standard InChI is InChI=1S/C33H21BrN2O2/c1-35-24-19-11-18-23(34)27(24)28-30-29(32(37)36(33(30)38)22-16-9-4-10-17-22)25(20-12-5-2-6-13-20)26(31(28)35)21-14-7-3-8-15-21/h2-19H,1H3. The van der Waals surface area contributed by atoms with Crippen molar-refractivity contribution in [1.82, 2.24) is 4.57 Å². The van der Waals surface area contributed by atoms with E-state index in [1.807, 2.05) is 85.9 Å². The van der Waals surface area contributed by atoms with Crippen LogP contribution < -0.4 is 4.90 Å². The Hall–Kier alpha value is -4.48. The molecule has 0 saturated heterocycles. The Labute approximate surface area is 227 Å². The van der Waals surface area contributed by atoms with Crippen molar-refractivity contribution in [2.75, 3.05) is 4.90 Å². The number of nitrogens with zero attached hydrogens (tertiary/aromatic N) is 2. The van der Waals surface area contributed by atoms with Crippen LogP contribution in [0.25, 0.3) is 44.1 Å². The molecule has 0 radical (unpaired) electrons. The molecular weight excluding hydrogens is 536 g/mol. The van der Waals surface area contributed by atoms with E-state index in [-0.39, 0.29) is 11.8 Å². The lowest BCUT2D eigenvalue weighted by molar-refractivity contribution is 0.0927. The minimum absolute atomic E-state index is 0.304. The Morgan fingerprint density at radius 1 is 0.553 bits per heavy atom. The van der Waals surface area contributed by atoms with Crippen LogP contribution in [-0.2, 0) is 7.05 Å². The number of benzene rings is 5. The van der Waals surface area contributed by atoms with Gasteiger partial charge in [0.05, 0.1) is 27.8 Å². The highest BCUT2D eigenvalue weighted by Gasteiger charge is 2.43. The van der Waals surface area contributed by atoms with Crippen LogP contribution >= 0.6 is 15.9 Å². The average molecular weight is 557 g/mol. The summed E-state index contributed by atoms with van der Waals surface area (Å²) in [5.74, 6) is -0.612. The summed E-state index contributed by atoms with van der Waals surface area (Å²) in [6.45, 7) is 0. The smallest absolute Gasteiger partial charge is 0.266 e. The van der Waals surface area contributed by atoms with Crippen molar-refractivity contribution in [2.45, 2.75) is 0 Å². The van der Waals surface area contributed by atoms with Crippen molar-refractivity contribution in [3.63, 3.8) is 0 Å². The number of fused-ring (bicyclic) bond motifs is 5. The van der Waals surface area contributed by atoms with E-state index in [1.165, 1.54) is 4.90 Å². The monoisotopic (exact) mass is 556 g/mol. The number of carbonyl (C=O) groups excluding carboxylic acids is 2. The van der Waals surface area contributed by atoms with Gasteiger partial charge in [-0.3, -0.25) is 9.59 Å². The first-order valence-corrected chi connectivity index (χ1v) is 13.2. The molecule has 0 unspecified atom stereocenters. The number of carbonyl (C=O) groups is 2. The third-order valence-corrected chi connectivity index (χ3v) is 8.05.